The Morgan fingerprint density at radius 3 is 2.71 bits per heavy atom. The van der Waals surface area contributed by atoms with Gasteiger partial charge in [0.25, 0.3) is 15.6 Å². The Hall–Kier alpha value is -1.75. The number of piperazine rings is 1. The zero-order valence-corrected chi connectivity index (χ0v) is 22.4. The molecule has 0 aliphatic carbocycles. The van der Waals surface area contributed by atoms with E-state index >= 15 is 0 Å². The molecule has 4 heterocycles. The van der Waals surface area contributed by atoms with Crippen molar-refractivity contribution < 1.29 is 8.42 Å². The van der Waals surface area contributed by atoms with E-state index in [-0.39, 0.29) is 36.4 Å². The molecule has 4 rings (SSSR count). The predicted molar refractivity (Wildman–Crippen MR) is 142 cm³/mol. The van der Waals surface area contributed by atoms with E-state index < -0.39 is 10.0 Å². The number of nitrogens with one attached hydrogen (secondary N) is 2. The van der Waals surface area contributed by atoms with Crippen LogP contribution >= 0.6 is 36.2 Å². The van der Waals surface area contributed by atoms with Gasteiger partial charge in [0.15, 0.2) is 0 Å². The van der Waals surface area contributed by atoms with Crippen molar-refractivity contribution >= 4 is 46.2 Å². The third-order valence-corrected chi connectivity index (χ3v) is 9.21. The second-order valence-corrected chi connectivity index (χ2v) is 11.3. The van der Waals surface area contributed by atoms with Gasteiger partial charge in [-0.05, 0) is 56.5 Å². The molecule has 0 spiro atoms. The van der Waals surface area contributed by atoms with Gasteiger partial charge in [-0.2, -0.15) is 4.31 Å². The van der Waals surface area contributed by atoms with Gasteiger partial charge in [-0.15, -0.1) is 36.2 Å². The van der Waals surface area contributed by atoms with Gasteiger partial charge in [0, 0.05) is 59.3 Å². The minimum atomic E-state index is -3.59. The number of halogens is 2. The lowest BCUT2D eigenvalue weighted by molar-refractivity contribution is 0.289. The molecule has 0 saturated carbocycles. The van der Waals surface area contributed by atoms with Crippen molar-refractivity contribution in [2.24, 2.45) is 0 Å². The van der Waals surface area contributed by atoms with Crippen molar-refractivity contribution in [3.05, 3.63) is 69.9 Å². The normalized spacial score (nSPS) is 16.5. The molecule has 1 aliphatic rings. The van der Waals surface area contributed by atoms with Crippen molar-refractivity contribution in [2.75, 3.05) is 19.6 Å². The summed E-state index contributed by atoms with van der Waals surface area (Å²) in [5.74, 6) is 0. The van der Waals surface area contributed by atoms with E-state index in [0.717, 1.165) is 34.7 Å². The van der Waals surface area contributed by atoms with Crippen LogP contribution in [0.3, 0.4) is 0 Å². The molecular weight excluding hydrogens is 515 g/mol. The first-order chi connectivity index (χ1) is 15.4. The summed E-state index contributed by atoms with van der Waals surface area (Å²) in [4.78, 5) is 20.3. The number of hydrogen-bond donors (Lipinski definition) is 2. The fourth-order valence-electron chi connectivity index (χ4n) is 4.09. The third-order valence-electron chi connectivity index (χ3n) is 5.76. The zero-order chi connectivity index (χ0) is 22.7. The maximum atomic E-state index is 13.4. The number of rotatable bonds is 7. The van der Waals surface area contributed by atoms with Gasteiger partial charge >= 0.3 is 0 Å². The van der Waals surface area contributed by atoms with Crippen molar-refractivity contribution in [3.8, 4) is 10.4 Å². The number of thiophene rings is 1. The molecule has 3 aromatic rings. The molecule has 0 amide bonds. The summed E-state index contributed by atoms with van der Waals surface area (Å²) >= 11 is 1.23. The van der Waals surface area contributed by atoms with Crippen molar-refractivity contribution in [2.45, 2.75) is 43.4 Å². The zero-order valence-electron chi connectivity index (χ0n) is 19.1. The van der Waals surface area contributed by atoms with Gasteiger partial charge in [-0.1, -0.05) is 13.0 Å². The van der Waals surface area contributed by atoms with E-state index in [9.17, 15) is 13.2 Å². The molecule has 1 atom stereocenters. The van der Waals surface area contributed by atoms with Crippen LogP contribution in [0, 0.1) is 6.92 Å². The highest BCUT2D eigenvalue weighted by molar-refractivity contribution is 7.91. The van der Waals surface area contributed by atoms with Gasteiger partial charge in [0.1, 0.15) is 4.21 Å². The van der Waals surface area contributed by atoms with E-state index in [4.69, 9.17) is 0 Å². The topological polar surface area (TPSA) is 95.2 Å². The Morgan fingerprint density at radius 2 is 2.00 bits per heavy atom. The first kappa shape index (κ1) is 28.5. The highest BCUT2D eigenvalue weighted by atomic mass is 35.5. The smallest absolute Gasteiger partial charge is 0.252 e. The summed E-state index contributed by atoms with van der Waals surface area (Å²) in [6.45, 7) is 5.27. The number of hydrogen-bond acceptors (Lipinski definition) is 6. The molecule has 1 unspecified atom stereocenters. The lowest BCUT2D eigenvalue weighted by Gasteiger charge is -2.32. The fourth-order valence-corrected chi connectivity index (χ4v) is 7.08. The molecule has 34 heavy (non-hydrogen) atoms. The molecule has 7 nitrogen and oxygen atoms in total. The summed E-state index contributed by atoms with van der Waals surface area (Å²) in [7, 11) is -3.59. The third kappa shape index (κ3) is 6.27. The summed E-state index contributed by atoms with van der Waals surface area (Å²) in [5, 5.41) is 3.43. The highest BCUT2D eigenvalue weighted by Gasteiger charge is 2.31. The first-order valence-corrected chi connectivity index (χ1v) is 13.1. The van der Waals surface area contributed by atoms with E-state index in [1.54, 1.807) is 16.6 Å². The molecule has 0 radical (unpaired) electrons. The van der Waals surface area contributed by atoms with E-state index in [1.165, 1.54) is 11.3 Å². The standard InChI is InChI=1S/C23H28N4O3S2.2ClH/c1-3-19-20(14-16(2)26-23(19)28)21-9-10-22(31-21)32(29,30)27-13-12-25-18(15-27)8-7-17-6-4-5-11-24-17;;/h4-6,9-11,14,18,25H,3,7-8,12-13,15H2,1-2H3,(H,26,28);2*1H. The van der Waals surface area contributed by atoms with E-state index in [0.29, 0.717) is 35.8 Å². The molecule has 0 bridgehead atoms. The molecule has 11 heteroatoms. The first-order valence-electron chi connectivity index (χ1n) is 10.8. The average Bonchev–Trinajstić information content (AvgIpc) is 3.29. The summed E-state index contributed by atoms with van der Waals surface area (Å²) in [5.41, 5.74) is 3.15. The lowest BCUT2D eigenvalue weighted by atomic mass is 10.1. The van der Waals surface area contributed by atoms with Gasteiger partial charge in [-0.25, -0.2) is 8.42 Å². The minimum Gasteiger partial charge on any atom is -0.326 e. The van der Waals surface area contributed by atoms with Crippen LogP contribution in [0.4, 0.5) is 0 Å². The number of H-pyrrole nitrogens is 1. The number of sulfonamides is 1. The van der Waals surface area contributed by atoms with Crippen molar-refractivity contribution in [1.29, 1.82) is 0 Å². The van der Waals surface area contributed by atoms with Crippen molar-refractivity contribution in [3.63, 3.8) is 0 Å². The van der Waals surface area contributed by atoms with E-state index in [1.807, 2.05) is 44.2 Å². The molecule has 1 fully saturated rings. The number of aromatic nitrogens is 2. The van der Waals surface area contributed by atoms with Crippen LogP contribution in [0.2, 0.25) is 0 Å². The lowest BCUT2D eigenvalue weighted by Crippen LogP contribution is -2.52. The maximum Gasteiger partial charge on any atom is 0.252 e. The molecule has 2 N–H and O–H groups in total. The van der Waals surface area contributed by atoms with Crippen LogP contribution in [0.25, 0.3) is 10.4 Å². The van der Waals surface area contributed by atoms with Crippen LogP contribution < -0.4 is 10.9 Å². The fraction of sp³-hybridized carbons (Fsp3) is 0.391. The Balaban J connectivity index is 0.00000204. The molecule has 186 valence electrons. The Labute approximate surface area is 216 Å². The summed E-state index contributed by atoms with van der Waals surface area (Å²) < 4.78 is 28.6. The molecule has 1 saturated heterocycles. The molecule has 0 aromatic carbocycles. The van der Waals surface area contributed by atoms with Crippen LogP contribution in [-0.4, -0.2) is 48.4 Å². The number of aromatic amines is 1. The van der Waals surface area contributed by atoms with Gasteiger partial charge < -0.3 is 10.3 Å². The van der Waals surface area contributed by atoms with Crippen LogP contribution in [0.1, 0.15) is 30.3 Å². The quantitative estimate of drug-likeness (QED) is 0.471. The summed E-state index contributed by atoms with van der Waals surface area (Å²) in [6.07, 6.45) is 3.99. The number of aryl methyl sites for hydroxylation is 2. The Kier molecular flexibility index (Phi) is 10.3. The molecular formula is C23H30Cl2N4O3S2. The van der Waals surface area contributed by atoms with Crippen LogP contribution in [-0.2, 0) is 22.9 Å². The predicted octanol–water partition coefficient (Wildman–Crippen LogP) is 3.81. The Bertz CT molecular complexity index is 1250. The largest absolute Gasteiger partial charge is 0.326 e. The van der Waals surface area contributed by atoms with Crippen LogP contribution in [0.15, 0.2) is 51.6 Å². The highest BCUT2D eigenvalue weighted by Crippen LogP contribution is 2.34. The van der Waals surface area contributed by atoms with Crippen molar-refractivity contribution in [1.82, 2.24) is 19.6 Å². The minimum absolute atomic E-state index is 0. The van der Waals surface area contributed by atoms with Crippen LogP contribution in [0.5, 0.6) is 0 Å². The molecule has 3 aromatic heterocycles. The summed E-state index contributed by atoms with van der Waals surface area (Å²) in [6, 6.07) is 11.3. The maximum absolute atomic E-state index is 13.4. The average molecular weight is 546 g/mol. The monoisotopic (exact) mass is 544 g/mol. The SMILES string of the molecule is CCc1c(-c2ccc(S(=O)(=O)N3CCNC(CCc4ccccn4)C3)s2)cc(C)[nH]c1=O.Cl.Cl. The second-order valence-electron chi connectivity index (χ2n) is 8.02. The van der Waals surface area contributed by atoms with Gasteiger partial charge in [0.05, 0.1) is 0 Å². The van der Waals surface area contributed by atoms with E-state index in [2.05, 4.69) is 15.3 Å². The van der Waals surface area contributed by atoms with Gasteiger partial charge in [0.2, 0.25) is 0 Å². The Morgan fingerprint density at radius 1 is 1.21 bits per heavy atom. The second kappa shape index (κ2) is 12.3. The number of pyridine rings is 2. The molecule has 1 aliphatic heterocycles. The van der Waals surface area contributed by atoms with Gasteiger partial charge in [-0.3, -0.25) is 9.78 Å². The number of nitrogens with zero attached hydrogens (tertiary/aromatic N) is 2.